The van der Waals surface area contributed by atoms with E-state index in [4.69, 9.17) is 9.47 Å². The number of carbonyl (C=O) groups excluding carboxylic acids is 1. The van der Waals surface area contributed by atoms with Crippen molar-refractivity contribution in [3.05, 3.63) is 65.2 Å². The van der Waals surface area contributed by atoms with Gasteiger partial charge in [-0.25, -0.2) is 0 Å². The molecule has 2 saturated heterocycles. The van der Waals surface area contributed by atoms with Gasteiger partial charge in [-0.2, -0.15) is 0 Å². The first-order valence-electron chi connectivity index (χ1n) is 11.0. The van der Waals surface area contributed by atoms with Crippen LogP contribution in [0.5, 0.6) is 5.75 Å². The van der Waals surface area contributed by atoms with E-state index in [0.29, 0.717) is 5.91 Å². The van der Waals surface area contributed by atoms with E-state index >= 15 is 0 Å². The van der Waals surface area contributed by atoms with Crippen molar-refractivity contribution in [1.82, 2.24) is 10.2 Å². The second-order valence-electron chi connectivity index (χ2n) is 8.95. The number of fused-ring (bicyclic) bond motifs is 2. The summed E-state index contributed by atoms with van der Waals surface area (Å²) in [6.07, 6.45) is 3.43. The lowest BCUT2D eigenvalue weighted by atomic mass is 9.73. The minimum absolute atomic E-state index is 0.263. The summed E-state index contributed by atoms with van der Waals surface area (Å²) in [5, 5.41) is 3.34. The first-order chi connectivity index (χ1) is 14.6. The van der Waals surface area contributed by atoms with Crippen LogP contribution in [0.25, 0.3) is 0 Å². The van der Waals surface area contributed by atoms with E-state index < -0.39 is 0 Å². The molecule has 5 heteroatoms. The molecule has 3 aliphatic heterocycles. The number of nitrogens with one attached hydrogen (secondary N) is 1. The molecule has 0 bridgehead atoms. The Morgan fingerprint density at radius 3 is 2.57 bits per heavy atom. The monoisotopic (exact) mass is 406 g/mol. The predicted molar refractivity (Wildman–Crippen MR) is 116 cm³/mol. The average Bonchev–Trinajstić information content (AvgIpc) is 2.77. The molecule has 5 rings (SSSR count). The summed E-state index contributed by atoms with van der Waals surface area (Å²) >= 11 is 0. The number of methoxy groups -OCH3 is 1. The van der Waals surface area contributed by atoms with Crippen molar-refractivity contribution in [2.45, 2.75) is 31.3 Å². The lowest BCUT2D eigenvalue weighted by Gasteiger charge is -2.49. The lowest BCUT2D eigenvalue weighted by molar-refractivity contribution is -0.153. The number of hydrogen-bond donors (Lipinski definition) is 1. The summed E-state index contributed by atoms with van der Waals surface area (Å²) < 4.78 is 11.8. The number of nitrogens with zero attached hydrogens (tertiary/aromatic N) is 1. The third kappa shape index (κ3) is 3.30. The SMILES string of the molecule is COc1ccc2c(c1)CCOC21CCN(C(=O)C2(Cc3ccccc3)CNC2)CC1. The summed E-state index contributed by atoms with van der Waals surface area (Å²) in [6.45, 7) is 3.76. The standard InChI is InChI=1S/C25H30N2O3/c1-29-21-7-8-22-20(15-21)9-14-30-25(22)10-12-27(13-11-25)23(28)24(17-26-18-24)16-19-5-3-2-4-6-19/h2-8,15,26H,9-14,16-18H2,1H3. The Bertz CT molecular complexity index is 915. The second-order valence-corrected chi connectivity index (χ2v) is 8.95. The molecule has 1 N–H and O–H groups in total. The van der Waals surface area contributed by atoms with Crippen LogP contribution in [-0.2, 0) is 28.0 Å². The van der Waals surface area contributed by atoms with Gasteiger partial charge in [-0.3, -0.25) is 4.79 Å². The van der Waals surface area contributed by atoms with Gasteiger partial charge in [0.05, 0.1) is 24.7 Å². The molecule has 0 saturated carbocycles. The molecule has 3 aliphatic rings. The van der Waals surface area contributed by atoms with Crippen LogP contribution in [0.4, 0.5) is 0 Å². The average molecular weight is 407 g/mol. The maximum Gasteiger partial charge on any atom is 0.231 e. The van der Waals surface area contributed by atoms with E-state index in [1.165, 1.54) is 16.7 Å². The van der Waals surface area contributed by atoms with Crippen LogP contribution in [0.3, 0.4) is 0 Å². The Labute approximate surface area is 178 Å². The second kappa shape index (κ2) is 7.71. The van der Waals surface area contributed by atoms with Gasteiger partial charge in [-0.05, 0) is 54.5 Å². The largest absolute Gasteiger partial charge is 0.497 e. The zero-order valence-electron chi connectivity index (χ0n) is 17.7. The quantitative estimate of drug-likeness (QED) is 0.848. The minimum Gasteiger partial charge on any atom is -0.497 e. The molecule has 3 heterocycles. The minimum atomic E-state index is -0.301. The van der Waals surface area contributed by atoms with Crippen molar-refractivity contribution in [3.8, 4) is 5.75 Å². The number of likely N-dealkylation sites (tertiary alicyclic amines) is 1. The molecule has 0 atom stereocenters. The van der Waals surface area contributed by atoms with E-state index in [-0.39, 0.29) is 11.0 Å². The van der Waals surface area contributed by atoms with Crippen molar-refractivity contribution in [2.75, 3.05) is 39.9 Å². The highest BCUT2D eigenvalue weighted by atomic mass is 16.5. The molecule has 158 valence electrons. The highest BCUT2D eigenvalue weighted by molar-refractivity contribution is 5.85. The van der Waals surface area contributed by atoms with Crippen LogP contribution < -0.4 is 10.1 Å². The van der Waals surface area contributed by atoms with Crippen molar-refractivity contribution in [1.29, 1.82) is 0 Å². The number of carbonyl (C=O) groups is 1. The van der Waals surface area contributed by atoms with Crippen molar-refractivity contribution < 1.29 is 14.3 Å². The van der Waals surface area contributed by atoms with Crippen LogP contribution in [0, 0.1) is 5.41 Å². The molecule has 0 unspecified atom stereocenters. The van der Waals surface area contributed by atoms with E-state index in [0.717, 1.165) is 64.2 Å². The number of amides is 1. The van der Waals surface area contributed by atoms with Crippen molar-refractivity contribution >= 4 is 5.91 Å². The summed E-state index contributed by atoms with van der Waals surface area (Å²) in [7, 11) is 1.71. The normalized spacial score (nSPS) is 21.6. The van der Waals surface area contributed by atoms with Gasteiger partial charge < -0.3 is 19.7 Å². The van der Waals surface area contributed by atoms with Gasteiger partial charge in [0.1, 0.15) is 5.75 Å². The Kier molecular flexibility index (Phi) is 5.03. The van der Waals surface area contributed by atoms with E-state index in [1.54, 1.807) is 7.11 Å². The van der Waals surface area contributed by atoms with E-state index in [1.807, 2.05) is 12.1 Å². The topological polar surface area (TPSA) is 50.8 Å². The van der Waals surface area contributed by atoms with E-state index in [9.17, 15) is 4.79 Å². The lowest BCUT2D eigenvalue weighted by Crippen LogP contribution is -2.64. The molecule has 1 amide bonds. The zero-order valence-corrected chi connectivity index (χ0v) is 17.7. The molecular formula is C25H30N2O3. The summed E-state index contributed by atoms with van der Waals surface area (Å²) in [5.41, 5.74) is 3.28. The number of rotatable bonds is 4. The third-order valence-corrected chi connectivity index (χ3v) is 7.18. The maximum absolute atomic E-state index is 13.5. The Balaban J connectivity index is 1.31. The van der Waals surface area contributed by atoms with Crippen LogP contribution in [0.2, 0.25) is 0 Å². The fourth-order valence-corrected chi connectivity index (χ4v) is 5.37. The van der Waals surface area contributed by atoms with Gasteiger partial charge in [0.15, 0.2) is 0 Å². The fraction of sp³-hybridized carbons (Fsp3) is 0.480. The molecule has 0 aliphatic carbocycles. The molecule has 0 radical (unpaired) electrons. The van der Waals surface area contributed by atoms with Gasteiger partial charge in [-0.1, -0.05) is 36.4 Å². The van der Waals surface area contributed by atoms with Crippen molar-refractivity contribution in [2.24, 2.45) is 5.41 Å². The molecule has 0 aromatic heterocycles. The highest BCUT2D eigenvalue weighted by Crippen LogP contribution is 2.43. The zero-order chi connectivity index (χ0) is 20.6. The first kappa shape index (κ1) is 19.6. The van der Waals surface area contributed by atoms with E-state index in [2.05, 4.69) is 46.6 Å². The number of ether oxygens (including phenoxy) is 2. The smallest absolute Gasteiger partial charge is 0.231 e. The summed E-state index contributed by atoms with van der Waals surface area (Å²) in [6, 6.07) is 16.7. The van der Waals surface area contributed by atoms with Gasteiger partial charge in [0, 0.05) is 26.2 Å². The molecular weight excluding hydrogens is 376 g/mol. The van der Waals surface area contributed by atoms with Gasteiger partial charge in [0.2, 0.25) is 5.91 Å². The van der Waals surface area contributed by atoms with Gasteiger partial charge >= 0.3 is 0 Å². The third-order valence-electron chi connectivity index (χ3n) is 7.18. The first-order valence-corrected chi connectivity index (χ1v) is 11.0. The predicted octanol–water partition coefficient (Wildman–Crippen LogP) is 2.92. The van der Waals surface area contributed by atoms with Crippen LogP contribution in [-0.4, -0.2) is 50.7 Å². The summed E-state index contributed by atoms with van der Waals surface area (Å²) in [5.74, 6) is 1.20. The molecule has 1 spiro atoms. The molecule has 2 fully saturated rings. The molecule has 2 aromatic rings. The molecule has 2 aromatic carbocycles. The van der Waals surface area contributed by atoms with Gasteiger partial charge in [-0.15, -0.1) is 0 Å². The van der Waals surface area contributed by atoms with Gasteiger partial charge in [0.25, 0.3) is 0 Å². The van der Waals surface area contributed by atoms with Crippen LogP contribution in [0.1, 0.15) is 29.5 Å². The maximum atomic E-state index is 13.5. The van der Waals surface area contributed by atoms with Crippen LogP contribution in [0.15, 0.2) is 48.5 Å². The number of piperidine rings is 1. The Hall–Kier alpha value is -2.37. The molecule has 5 nitrogen and oxygen atoms in total. The summed E-state index contributed by atoms with van der Waals surface area (Å²) in [4.78, 5) is 15.6. The molecule has 30 heavy (non-hydrogen) atoms. The number of hydrogen-bond acceptors (Lipinski definition) is 4. The Morgan fingerprint density at radius 1 is 1.13 bits per heavy atom. The van der Waals surface area contributed by atoms with Crippen LogP contribution >= 0.6 is 0 Å². The highest BCUT2D eigenvalue weighted by Gasteiger charge is 2.49. The fourth-order valence-electron chi connectivity index (χ4n) is 5.37. The Morgan fingerprint density at radius 2 is 1.90 bits per heavy atom. The van der Waals surface area contributed by atoms with Crippen molar-refractivity contribution in [3.63, 3.8) is 0 Å². The number of benzene rings is 2.